The zero-order valence-electron chi connectivity index (χ0n) is 11.5. The number of amides is 1. The van der Waals surface area contributed by atoms with E-state index >= 15 is 0 Å². The lowest BCUT2D eigenvalue weighted by Crippen LogP contribution is -2.51. The van der Waals surface area contributed by atoms with Crippen LogP contribution in [0, 0.1) is 26.7 Å². The van der Waals surface area contributed by atoms with Crippen molar-refractivity contribution in [2.75, 3.05) is 19.6 Å². The second kappa shape index (κ2) is 5.53. The normalized spacial score (nSPS) is 15.3. The molecule has 0 aromatic heterocycles. The zero-order valence-corrected chi connectivity index (χ0v) is 11.5. The average Bonchev–Trinajstić information content (AvgIpc) is 2.19. The van der Waals surface area contributed by atoms with Crippen LogP contribution in [0.4, 0.5) is 0 Å². The molecule has 0 unspecified atom stereocenters. The van der Waals surface area contributed by atoms with Crippen molar-refractivity contribution >= 4 is 5.91 Å². The summed E-state index contributed by atoms with van der Waals surface area (Å²) in [7, 11) is 0. The van der Waals surface area contributed by atoms with E-state index in [1.807, 2.05) is 0 Å². The number of aryl methyl sites for hydroxylation is 3. The van der Waals surface area contributed by atoms with Gasteiger partial charge in [0.25, 0.3) is 0 Å². The Kier molecular flexibility index (Phi) is 4.02. The third-order valence-electron chi connectivity index (χ3n) is 3.67. The van der Waals surface area contributed by atoms with E-state index in [1.165, 1.54) is 22.3 Å². The smallest absolute Gasteiger partial charge is 0.225 e. The second-order valence-electron chi connectivity index (χ2n) is 5.27. The number of hydrogen-bond donors (Lipinski definition) is 2. The van der Waals surface area contributed by atoms with E-state index < -0.39 is 0 Å². The lowest BCUT2D eigenvalue weighted by Gasteiger charge is -2.25. The predicted molar refractivity (Wildman–Crippen MR) is 73.7 cm³/mol. The Hall–Kier alpha value is -1.35. The molecule has 0 radical (unpaired) electrons. The molecule has 0 atom stereocenters. The Labute approximate surface area is 109 Å². The van der Waals surface area contributed by atoms with Crippen molar-refractivity contribution in [3.63, 3.8) is 0 Å². The van der Waals surface area contributed by atoms with Crippen LogP contribution in [0.15, 0.2) is 12.1 Å². The summed E-state index contributed by atoms with van der Waals surface area (Å²) in [5.41, 5.74) is 5.32. The highest BCUT2D eigenvalue weighted by Crippen LogP contribution is 2.16. The fourth-order valence-electron chi connectivity index (χ4n) is 2.53. The van der Waals surface area contributed by atoms with Crippen molar-refractivity contribution in [2.45, 2.75) is 27.2 Å². The number of rotatable bonds is 4. The summed E-state index contributed by atoms with van der Waals surface area (Å²) in [6.07, 6.45) is 0.920. The van der Waals surface area contributed by atoms with Gasteiger partial charge in [-0.15, -0.1) is 0 Å². The van der Waals surface area contributed by atoms with Crippen LogP contribution in [0.25, 0.3) is 0 Å². The van der Waals surface area contributed by atoms with Crippen LogP contribution < -0.4 is 10.6 Å². The van der Waals surface area contributed by atoms with Crippen molar-refractivity contribution in [3.8, 4) is 0 Å². The molecule has 1 fully saturated rings. The van der Waals surface area contributed by atoms with E-state index in [-0.39, 0.29) is 11.8 Å². The maximum Gasteiger partial charge on any atom is 0.225 e. The Morgan fingerprint density at radius 1 is 1.28 bits per heavy atom. The molecule has 98 valence electrons. The van der Waals surface area contributed by atoms with Crippen LogP contribution in [0.3, 0.4) is 0 Å². The third-order valence-corrected chi connectivity index (χ3v) is 3.67. The molecule has 1 aromatic rings. The maximum absolute atomic E-state index is 11.7. The Balaban J connectivity index is 1.88. The number of benzene rings is 1. The number of nitrogens with one attached hydrogen (secondary N) is 2. The van der Waals surface area contributed by atoms with Crippen LogP contribution in [-0.2, 0) is 11.2 Å². The van der Waals surface area contributed by atoms with E-state index in [0.29, 0.717) is 0 Å². The number of carbonyl (C=O) groups is 1. The molecule has 1 aromatic carbocycles. The van der Waals surface area contributed by atoms with Crippen molar-refractivity contribution in [3.05, 3.63) is 34.4 Å². The lowest BCUT2D eigenvalue weighted by molar-refractivity contribution is -0.126. The van der Waals surface area contributed by atoms with E-state index in [2.05, 4.69) is 43.5 Å². The van der Waals surface area contributed by atoms with Gasteiger partial charge in [0.1, 0.15) is 0 Å². The first kappa shape index (κ1) is 13.1. The predicted octanol–water partition coefficient (Wildman–Crippen LogP) is 1.49. The van der Waals surface area contributed by atoms with Gasteiger partial charge in [0.2, 0.25) is 5.91 Å². The molecule has 1 heterocycles. The molecular formula is C15H22N2O. The molecule has 0 spiro atoms. The van der Waals surface area contributed by atoms with Gasteiger partial charge in [-0.1, -0.05) is 17.7 Å². The van der Waals surface area contributed by atoms with Gasteiger partial charge >= 0.3 is 0 Å². The largest absolute Gasteiger partial charge is 0.355 e. The van der Waals surface area contributed by atoms with E-state index in [1.54, 1.807) is 0 Å². The fraction of sp³-hybridized carbons (Fsp3) is 0.533. The first-order chi connectivity index (χ1) is 8.58. The standard InChI is InChI=1S/C15H22N2O/c1-10-6-11(2)14(12(3)7-10)4-5-17-15(18)13-8-16-9-13/h6-7,13,16H,4-5,8-9H2,1-3H3,(H,17,18). The summed E-state index contributed by atoms with van der Waals surface area (Å²) >= 11 is 0. The summed E-state index contributed by atoms with van der Waals surface area (Å²) in [4.78, 5) is 11.7. The Morgan fingerprint density at radius 3 is 2.39 bits per heavy atom. The quantitative estimate of drug-likeness (QED) is 0.845. The molecule has 2 N–H and O–H groups in total. The van der Waals surface area contributed by atoms with E-state index in [4.69, 9.17) is 0 Å². The summed E-state index contributed by atoms with van der Waals surface area (Å²) in [6, 6.07) is 4.42. The van der Waals surface area contributed by atoms with Crippen molar-refractivity contribution in [1.82, 2.24) is 10.6 Å². The average molecular weight is 246 g/mol. The van der Waals surface area contributed by atoms with Crippen molar-refractivity contribution in [1.29, 1.82) is 0 Å². The molecule has 18 heavy (non-hydrogen) atoms. The van der Waals surface area contributed by atoms with Gasteiger partial charge in [0.05, 0.1) is 5.92 Å². The van der Waals surface area contributed by atoms with Crippen LogP contribution in [0.1, 0.15) is 22.3 Å². The SMILES string of the molecule is Cc1cc(C)c(CCNC(=O)C2CNC2)c(C)c1. The molecule has 3 nitrogen and oxygen atoms in total. The van der Waals surface area contributed by atoms with Gasteiger partial charge in [0, 0.05) is 19.6 Å². The maximum atomic E-state index is 11.7. The van der Waals surface area contributed by atoms with Gasteiger partial charge in [0.15, 0.2) is 0 Å². The van der Waals surface area contributed by atoms with Gasteiger partial charge in [-0.3, -0.25) is 4.79 Å². The summed E-state index contributed by atoms with van der Waals surface area (Å²) in [6.45, 7) is 8.80. The molecule has 1 aliphatic heterocycles. The van der Waals surface area contributed by atoms with Gasteiger partial charge in [-0.05, 0) is 43.9 Å². The molecule has 1 amide bonds. The van der Waals surface area contributed by atoms with Crippen LogP contribution in [0.5, 0.6) is 0 Å². The van der Waals surface area contributed by atoms with Crippen LogP contribution in [-0.4, -0.2) is 25.5 Å². The van der Waals surface area contributed by atoms with Crippen molar-refractivity contribution < 1.29 is 4.79 Å². The van der Waals surface area contributed by atoms with Crippen molar-refractivity contribution in [2.24, 2.45) is 5.92 Å². The number of carbonyl (C=O) groups excluding carboxylic acids is 1. The van der Waals surface area contributed by atoms with Crippen LogP contribution >= 0.6 is 0 Å². The molecule has 1 aliphatic rings. The first-order valence-electron chi connectivity index (χ1n) is 6.63. The second-order valence-corrected chi connectivity index (χ2v) is 5.27. The van der Waals surface area contributed by atoms with Gasteiger partial charge in [-0.2, -0.15) is 0 Å². The third kappa shape index (κ3) is 2.91. The van der Waals surface area contributed by atoms with Crippen LogP contribution in [0.2, 0.25) is 0 Å². The number of hydrogen-bond acceptors (Lipinski definition) is 2. The lowest BCUT2D eigenvalue weighted by atomic mass is 9.97. The molecule has 0 bridgehead atoms. The fourth-order valence-corrected chi connectivity index (χ4v) is 2.53. The van der Waals surface area contributed by atoms with Gasteiger partial charge in [-0.25, -0.2) is 0 Å². The monoisotopic (exact) mass is 246 g/mol. The minimum absolute atomic E-state index is 0.185. The minimum Gasteiger partial charge on any atom is -0.355 e. The Morgan fingerprint density at radius 2 is 1.89 bits per heavy atom. The minimum atomic E-state index is 0.185. The summed E-state index contributed by atoms with van der Waals surface area (Å²) in [5.74, 6) is 0.376. The molecule has 3 heteroatoms. The highest BCUT2D eigenvalue weighted by Gasteiger charge is 2.24. The molecule has 0 saturated carbocycles. The Bertz CT molecular complexity index is 427. The highest BCUT2D eigenvalue weighted by molar-refractivity contribution is 5.80. The highest BCUT2D eigenvalue weighted by atomic mass is 16.2. The molecule has 2 rings (SSSR count). The topological polar surface area (TPSA) is 41.1 Å². The van der Waals surface area contributed by atoms with E-state index in [0.717, 1.165) is 26.1 Å². The molecule has 1 saturated heterocycles. The van der Waals surface area contributed by atoms with E-state index in [9.17, 15) is 4.79 Å². The molecule has 0 aliphatic carbocycles. The first-order valence-corrected chi connectivity index (χ1v) is 6.63. The summed E-state index contributed by atoms with van der Waals surface area (Å²) < 4.78 is 0. The van der Waals surface area contributed by atoms with Gasteiger partial charge < -0.3 is 10.6 Å². The zero-order chi connectivity index (χ0) is 13.1. The summed E-state index contributed by atoms with van der Waals surface area (Å²) in [5, 5.41) is 6.14. The molecular weight excluding hydrogens is 224 g/mol.